The van der Waals surface area contributed by atoms with Crippen molar-refractivity contribution < 1.29 is 0 Å². The van der Waals surface area contributed by atoms with Crippen LogP contribution in [-0.2, 0) is 0 Å². The highest BCUT2D eigenvalue weighted by Crippen LogP contribution is 2.46. The lowest BCUT2D eigenvalue weighted by Gasteiger charge is -2.17. The van der Waals surface area contributed by atoms with Crippen LogP contribution in [0.3, 0.4) is 0 Å². The van der Waals surface area contributed by atoms with Gasteiger partial charge in [-0.05, 0) is 46.6 Å². The number of hydrogen-bond acceptors (Lipinski definition) is 8. The van der Waals surface area contributed by atoms with Gasteiger partial charge in [0.05, 0.1) is 33.6 Å². The van der Waals surface area contributed by atoms with Crippen molar-refractivity contribution >= 4 is 21.6 Å². The Hall–Kier alpha value is -6.16. The second-order valence-electron chi connectivity index (χ2n) is 10.9. The summed E-state index contributed by atoms with van der Waals surface area (Å²) >= 11 is 0. The van der Waals surface area contributed by atoms with Crippen LogP contribution >= 0.6 is 21.6 Å². The van der Waals surface area contributed by atoms with Gasteiger partial charge in [0.15, 0.2) is 0 Å². The van der Waals surface area contributed by atoms with Gasteiger partial charge in [-0.1, -0.05) is 120 Å². The zero-order valence-corrected chi connectivity index (χ0v) is 27.5. The molecule has 6 nitrogen and oxygen atoms in total. The van der Waals surface area contributed by atoms with Crippen LogP contribution in [0.2, 0.25) is 0 Å². The smallest absolute Gasteiger partial charge is 0.126 e. The van der Waals surface area contributed by atoms with Crippen molar-refractivity contribution in [3.63, 3.8) is 0 Å². The van der Waals surface area contributed by atoms with Gasteiger partial charge >= 0.3 is 0 Å². The van der Waals surface area contributed by atoms with E-state index in [9.17, 15) is 21.0 Å². The van der Waals surface area contributed by atoms with Crippen molar-refractivity contribution in [2.75, 3.05) is 0 Å². The Balaban J connectivity index is 1.57. The summed E-state index contributed by atoms with van der Waals surface area (Å²) in [4.78, 5) is 9.80. The molecule has 0 bridgehead atoms. The van der Waals surface area contributed by atoms with E-state index >= 15 is 0 Å². The van der Waals surface area contributed by atoms with Crippen molar-refractivity contribution in [2.45, 2.75) is 23.9 Å². The fourth-order valence-corrected chi connectivity index (χ4v) is 7.45. The van der Waals surface area contributed by atoms with Crippen molar-refractivity contribution in [2.24, 2.45) is 0 Å². The highest BCUT2D eigenvalue weighted by molar-refractivity contribution is 8.76. The van der Waals surface area contributed by atoms with Crippen LogP contribution in [0, 0.1) is 59.2 Å². The zero-order valence-electron chi connectivity index (χ0n) is 25.9. The lowest BCUT2D eigenvalue weighted by Crippen LogP contribution is -2.02. The number of benzene rings is 4. The van der Waals surface area contributed by atoms with Crippen LogP contribution in [0.4, 0.5) is 0 Å². The van der Waals surface area contributed by atoms with E-state index in [4.69, 9.17) is 9.97 Å². The van der Waals surface area contributed by atoms with Crippen LogP contribution in [0.5, 0.6) is 0 Å². The van der Waals surface area contributed by atoms with Gasteiger partial charge in [-0.15, -0.1) is 0 Å². The molecule has 2 aromatic heterocycles. The van der Waals surface area contributed by atoms with E-state index in [0.717, 1.165) is 33.4 Å². The largest absolute Gasteiger partial charge is 0.238 e. The van der Waals surface area contributed by atoms with Gasteiger partial charge in [0.2, 0.25) is 0 Å². The highest BCUT2D eigenvalue weighted by atomic mass is 33.1. The molecule has 0 aliphatic rings. The normalized spacial score (nSPS) is 10.4. The van der Waals surface area contributed by atoms with Crippen LogP contribution in [0.25, 0.3) is 44.8 Å². The fourth-order valence-electron chi connectivity index (χ4n) is 5.38. The quantitative estimate of drug-likeness (QED) is 0.156. The third kappa shape index (κ3) is 6.15. The number of rotatable bonds is 7. The Labute approximate surface area is 287 Å². The summed E-state index contributed by atoms with van der Waals surface area (Å²) in [6, 6.07) is 43.5. The SMILES string of the molecule is Cc1ccc(-c2c(C#N)c(SSc3nc(-c4ccccc4)c(C#N)c(-c4ccc(C)cc4)c3C#N)nc(-c3ccccc3)c2C#N)cc1. The van der Waals surface area contributed by atoms with Gasteiger partial charge < -0.3 is 0 Å². The van der Waals surface area contributed by atoms with E-state index in [2.05, 4.69) is 24.3 Å². The standard InChI is InChI=1S/C40H24N6S2/c1-25-13-17-27(18-14-25)35-31(21-41)37(29-9-5-3-6-10-29)45-39(33(35)23-43)47-48-40-34(24-44)36(28-19-15-26(2)16-20-28)32(22-42)38(46-40)30-11-7-4-8-12-30/h3-20H,1-2H3. The molecule has 2 heterocycles. The summed E-state index contributed by atoms with van der Waals surface area (Å²) in [5.41, 5.74) is 8.03. The molecule has 0 N–H and O–H groups in total. The first kappa shape index (κ1) is 31.8. The molecule has 0 unspecified atom stereocenters. The molecular formula is C40H24N6S2. The van der Waals surface area contributed by atoms with Gasteiger partial charge in [-0.25, -0.2) is 9.97 Å². The van der Waals surface area contributed by atoms with Gasteiger partial charge in [0, 0.05) is 22.3 Å². The van der Waals surface area contributed by atoms with Crippen LogP contribution in [0.1, 0.15) is 33.4 Å². The molecule has 0 amide bonds. The summed E-state index contributed by atoms with van der Waals surface area (Å²) in [6.45, 7) is 3.96. The topological polar surface area (TPSA) is 121 Å². The van der Waals surface area contributed by atoms with E-state index in [1.165, 1.54) is 21.6 Å². The van der Waals surface area contributed by atoms with Crippen molar-refractivity contribution in [3.8, 4) is 69.0 Å². The first-order valence-corrected chi connectivity index (χ1v) is 17.0. The highest BCUT2D eigenvalue weighted by Gasteiger charge is 2.26. The number of hydrogen-bond donors (Lipinski definition) is 0. The van der Waals surface area contributed by atoms with Gasteiger partial charge in [-0.2, -0.15) is 21.0 Å². The molecule has 0 radical (unpaired) electrons. The number of aromatic nitrogens is 2. The first-order valence-electron chi connectivity index (χ1n) is 14.8. The molecule has 0 saturated carbocycles. The minimum atomic E-state index is 0.252. The van der Waals surface area contributed by atoms with E-state index < -0.39 is 0 Å². The maximum atomic E-state index is 10.5. The molecule has 6 aromatic rings. The molecule has 0 saturated heterocycles. The van der Waals surface area contributed by atoms with Gasteiger partial charge in [-0.3, -0.25) is 0 Å². The molecule has 8 heteroatoms. The predicted octanol–water partition coefficient (Wildman–Crippen LogP) is 10.0. The Morgan fingerprint density at radius 1 is 0.417 bits per heavy atom. The maximum Gasteiger partial charge on any atom is 0.126 e. The number of aryl methyl sites for hydroxylation is 2. The minimum absolute atomic E-state index is 0.252. The minimum Gasteiger partial charge on any atom is -0.238 e. The van der Waals surface area contributed by atoms with E-state index in [-0.39, 0.29) is 11.1 Å². The second-order valence-corrected chi connectivity index (χ2v) is 13.0. The average Bonchev–Trinajstić information content (AvgIpc) is 3.14. The van der Waals surface area contributed by atoms with Crippen LogP contribution < -0.4 is 0 Å². The van der Waals surface area contributed by atoms with Gasteiger partial charge in [0.25, 0.3) is 0 Å². The Bertz CT molecular complexity index is 2160. The third-order valence-electron chi connectivity index (χ3n) is 7.75. The Kier molecular flexibility index (Phi) is 9.33. The van der Waals surface area contributed by atoms with Crippen LogP contribution in [0.15, 0.2) is 119 Å². The molecule has 48 heavy (non-hydrogen) atoms. The molecule has 0 aliphatic carbocycles. The maximum absolute atomic E-state index is 10.5. The van der Waals surface area contributed by atoms with E-state index in [0.29, 0.717) is 43.7 Å². The number of pyridine rings is 2. The monoisotopic (exact) mass is 652 g/mol. The van der Waals surface area contributed by atoms with E-state index in [1.54, 1.807) is 0 Å². The molecule has 0 spiro atoms. The summed E-state index contributed by atoms with van der Waals surface area (Å²) in [6.07, 6.45) is 0. The lowest BCUT2D eigenvalue weighted by atomic mass is 9.93. The molecule has 4 aromatic carbocycles. The van der Waals surface area contributed by atoms with Crippen molar-refractivity contribution in [3.05, 3.63) is 143 Å². The summed E-state index contributed by atoms with van der Waals surface area (Å²) in [7, 11) is 2.39. The van der Waals surface area contributed by atoms with Gasteiger partial charge in [0.1, 0.15) is 34.3 Å². The van der Waals surface area contributed by atoms with Crippen molar-refractivity contribution in [1.29, 1.82) is 21.0 Å². The molecule has 0 atom stereocenters. The fraction of sp³-hybridized carbons (Fsp3) is 0.0500. The number of nitrogens with zero attached hydrogens (tertiary/aromatic N) is 6. The zero-order chi connectivity index (χ0) is 33.6. The third-order valence-corrected chi connectivity index (χ3v) is 9.94. The van der Waals surface area contributed by atoms with Crippen molar-refractivity contribution in [1.82, 2.24) is 9.97 Å². The second kappa shape index (κ2) is 14.1. The molecule has 0 fully saturated rings. The Morgan fingerprint density at radius 2 is 0.750 bits per heavy atom. The molecule has 6 rings (SSSR count). The van der Waals surface area contributed by atoms with E-state index in [1.807, 2.05) is 123 Å². The average molecular weight is 653 g/mol. The molecule has 226 valence electrons. The predicted molar refractivity (Wildman–Crippen MR) is 190 cm³/mol. The number of nitriles is 4. The summed E-state index contributed by atoms with van der Waals surface area (Å²) in [5, 5.41) is 42.7. The lowest BCUT2D eigenvalue weighted by molar-refractivity contribution is 1.11. The van der Waals surface area contributed by atoms with Crippen LogP contribution in [-0.4, -0.2) is 9.97 Å². The molecule has 0 aliphatic heterocycles. The summed E-state index contributed by atoms with van der Waals surface area (Å²) < 4.78 is 0. The first-order chi connectivity index (χ1) is 23.5. The summed E-state index contributed by atoms with van der Waals surface area (Å²) in [5.74, 6) is 0. The molecular weight excluding hydrogens is 629 g/mol. The Morgan fingerprint density at radius 3 is 1.06 bits per heavy atom.